The van der Waals surface area contributed by atoms with Gasteiger partial charge in [-0.05, 0) is 41.4 Å². The topological polar surface area (TPSA) is 66.8 Å². The van der Waals surface area contributed by atoms with Gasteiger partial charge in [-0.15, -0.1) is 11.3 Å². The van der Waals surface area contributed by atoms with Crippen molar-refractivity contribution >= 4 is 50.9 Å². The van der Waals surface area contributed by atoms with E-state index in [4.69, 9.17) is 16.3 Å². The number of aliphatic carboxylic acids is 1. The number of halogens is 2. The Morgan fingerprint density at radius 3 is 2.44 bits per heavy atom. The molecule has 8 heteroatoms. The van der Waals surface area contributed by atoms with Crippen LogP contribution in [-0.4, -0.2) is 28.1 Å². The highest BCUT2D eigenvalue weighted by atomic mass is 79.9. The molecule has 1 aromatic carbocycles. The van der Waals surface area contributed by atoms with Crippen molar-refractivity contribution in [2.45, 2.75) is 32.5 Å². The van der Waals surface area contributed by atoms with Crippen LogP contribution in [0.25, 0.3) is 0 Å². The Hall–Kier alpha value is -1.57. The van der Waals surface area contributed by atoms with Crippen molar-refractivity contribution in [3.8, 4) is 0 Å². The highest BCUT2D eigenvalue weighted by molar-refractivity contribution is 9.10. The first-order chi connectivity index (χ1) is 11.8. The first kappa shape index (κ1) is 19.8. The Bertz CT molecular complexity index is 731. The summed E-state index contributed by atoms with van der Waals surface area (Å²) in [5.74, 6) is -1.14. The second-order valence-electron chi connectivity index (χ2n) is 5.55. The molecule has 2 rings (SSSR count). The van der Waals surface area contributed by atoms with E-state index in [2.05, 4.69) is 15.9 Å². The number of hydrogen-bond acceptors (Lipinski definition) is 4. The van der Waals surface area contributed by atoms with Crippen LogP contribution in [0.2, 0.25) is 4.34 Å². The zero-order valence-electron chi connectivity index (χ0n) is 13.6. The SMILES string of the molecule is CC(C)N(C(=O)OCc1ccccc1)C(C(=O)O)c1cc(Br)c(Cl)s1. The number of hydrogen-bond donors (Lipinski definition) is 1. The van der Waals surface area contributed by atoms with Crippen molar-refractivity contribution < 1.29 is 19.4 Å². The summed E-state index contributed by atoms with van der Waals surface area (Å²) in [7, 11) is 0. The quantitative estimate of drug-likeness (QED) is 0.650. The smallest absolute Gasteiger partial charge is 0.411 e. The van der Waals surface area contributed by atoms with Gasteiger partial charge in [0.05, 0.1) is 0 Å². The summed E-state index contributed by atoms with van der Waals surface area (Å²) in [5.41, 5.74) is 0.827. The average Bonchev–Trinajstić information content (AvgIpc) is 2.89. The van der Waals surface area contributed by atoms with Gasteiger partial charge in [-0.2, -0.15) is 0 Å². The maximum Gasteiger partial charge on any atom is 0.411 e. The van der Waals surface area contributed by atoms with Gasteiger partial charge in [-0.1, -0.05) is 41.9 Å². The highest BCUT2D eigenvalue weighted by Crippen LogP contribution is 2.38. The molecule has 0 aliphatic heterocycles. The highest BCUT2D eigenvalue weighted by Gasteiger charge is 2.36. The molecule has 0 aliphatic carbocycles. The summed E-state index contributed by atoms with van der Waals surface area (Å²) in [6.45, 7) is 3.55. The van der Waals surface area contributed by atoms with Gasteiger partial charge in [0.15, 0.2) is 6.04 Å². The molecule has 1 atom stereocenters. The van der Waals surface area contributed by atoms with Crippen LogP contribution in [0.3, 0.4) is 0 Å². The first-order valence-electron chi connectivity index (χ1n) is 7.47. The molecule has 0 aliphatic rings. The van der Waals surface area contributed by atoms with E-state index >= 15 is 0 Å². The number of carbonyl (C=O) groups excluding carboxylic acids is 1. The van der Waals surface area contributed by atoms with Crippen LogP contribution in [0.4, 0.5) is 4.79 Å². The fourth-order valence-corrected chi connectivity index (χ4v) is 4.11. The Kier molecular flexibility index (Phi) is 6.87. The monoisotopic (exact) mass is 445 g/mol. The molecule has 0 bridgehead atoms. The largest absolute Gasteiger partial charge is 0.479 e. The second-order valence-corrected chi connectivity index (χ2v) is 8.09. The van der Waals surface area contributed by atoms with Gasteiger partial charge < -0.3 is 9.84 Å². The third-order valence-electron chi connectivity index (χ3n) is 3.42. The molecular formula is C17H17BrClNO4S. The number of thiophene rings is 1. The molecule has 1 aromatic heterocycles. The number of rotatable bonds is 6. The van der Waals surface area contributed by atoms with E-state index in [9.17, 15) is 14.7 Å². The third-order valence-corrected chi connectivity index (χ3v) is 5.95. The molecule has 1 amide bonds. The molecule has 0 saturated heterocycles. The third kappa shape index (κ3) is 4.96. The fourth-order valence-electron chi connectivity index (χ4n) is 2.28. The molecule has 0 spiro atoms. The molecule has 0 radical (unpaired) electrons. The Balaban J connectivity index is 2.23. The zero-order chi connectivity index (χ0) is 18.6. The number of nitrogens with zero attached hydrogens (tertiary/aromatic N) is 1. The van der Waals surface area contributed by atoms with Crippen LogP contribution in [0.15, 0.2) is 40.9 Å². The van der Waals surface area contributed by atoms with Crippen molar-refractivity contribution in [2.75, 3.05) is 0 Å². The lowest BCUT2D eigenvalue weighted by Crippen LogP contribution is -2.43. The van der Waals surface area contributed by atoms with Crippen LogP contribution in [0, 0.1) is 0 Å². The Morgan fingerprint density at radius 1 is 1.32 bits per heavy atom. The minimum absolute atomic E-state index is 0.0735. The minimum Gasteiger partial charge on any atom is -0.479 e. The number of benzene rings is 1. The van der Waals surface area contributed by atoms with Crippen molar-refractivity contribution in [1.82, 2.24) is 4.90 Å². The lowest BCUT2D eigenvalue weighted by atomic mass is 10.1. The lowest BCUT2D eigenvalue weighted by Gasteiger charge is -2.31. The normalized spacial score (nSPS) is 12.0. The van der Waals surface area contributed by atoms with E-state index in [1.165, 1.54) is 4.90 Å². The van der Waals surface area contributed by atoms with Gasteiger partial charge in [-0.25, -0.2) is 9.59 Å². The van der Waals surface area contributed by atoms with Crippen LogP contribution in [0.1, 0.15) is 30.3 Å². The van der Waals surface area contributed by atoms with Gasteiger partial charge in [-0.3, -0.25) is 4.90 Å². The maximum absolute atomic E-state index is 12.6. The van der Waals surface area contributed by atoms with E-state index < -0.39 is 18.1 Å². The zero-order valence-corrected chi connectivity index (χ0v) is 16.8. The number of amides is 1. The molecule has 134 valence electrons. The molecule has 0 saturated carbocycles. The van der Waals surface area contributed by atoms with Crippen LogP contribution >= 0.6 is 38.9 Å². The molecule has 5 nitrogen and oxygen atoms in total. The van der Waals surface area contributed by atoms with E-state index in [0.717, 1.165) is 16.9 Å². The summed E-state index contributed by atoms with van der Waals surface area (Å²) in [6.07, 6.45) is -0.688. The van der Waals surface area contributed by atoms with Crippen molar-refractivity contribution in [2.24, 2.45) is 0 Å². The number of carboxylic acid groups (broad SMARTS) is 1. The van der Waals surface area contributed by atoms with Crippen molar-refractivity contribution in [3.63, 3.8) is 0 Å². The second kappa shape index (κ2) is 8.69. The summed E-state index contributed by atoms with van der Waals surface area (Å²) in [6, 6.07) is 9.29. The summed E-state index contributed by atoms with van der Waals surface area (Å²) < 4.78 is 6.36. The summed E-state index contributed by atoms with van der Waals surface area (Å²) in [4.78, 5) is 26.1. The maximum atomic E-state index is 12.6. The summed E-state index contributed by atoms with van der Waals surface area (Å²) >= 11 is 10.4. The molecule has 0 fully saturated rings. The Labute approximate surface area is 163 Å². The van der Waals surface area contributed by atoms with Crippen LogP contribution in [0.5, 0.6) is 0 Å². The van der Waals surface area contributed by atoms with Gasteiger partial charge >= 0.3 is 12.1 Å². The van der Waals surface area contributed by atoms with Crippen LogP contribution < -0.4 is 0 Å². The predicted molar refractivity (Wildman–Crippen MR) is 101 cm³/mol. The molecule has 2 aromatic rings. The number of carbonyl (C=O) groups is 2. The number of ether oxygens (including phenoxy) is 1. The molecule has 1 unspecified atom stereocenters. The number of carboxylic acids is 1. The van der Waals surface area contributed by atoms with E-state index in [1.54, 1.807) is 19.9 Å². The standard InChI is InChI=1S/C17H17BrClNO4S/c1-10(2)20(17(23)24-9-11-6-4-3-5-7-11)14(16(21)22)13-8-12(18)15(19)25-13/h3-8,10,14H,9H2,1-2H3,(H,21,22). The lowest BCUT2D eigenvalue weighted by molar-refractivity contribution is -0.143. The van der Waals surface area contributed by atoms with Gasteiger partial charge in [0.25, 0.3) is 0 Å². The fraction of sp³-hybridized carbons (Fsp3) is 0.294. The van der Waals surface area contributed by atoms with Gasteiger partial charge in [0.2, 0.25) is 0 Å². The van der Waals surface area contributed by atoms with E-state index in [0.29, 0.717) is 13.7 Å². The Morgan fingerprint density at radius 2 is 1.96 bits per heavy atom. The van der Waals surface area contributed by atoms with Crippen molar-refractivity contribution in [1.29, 1.82) is 0 Å². The van der Waals surface area contributed by atoms with Crippen molar-refractivity contribution in [3.05, 3.63) is 55.6 Å². The molecule has 1 heterocycles. The van der Waals surface area contributed by atoms with Gasteiger partial charge in [0.1, 0.15) is 10.9 Å². The molecule has 1 N–H and O–H groups in total. The van der Waals surface area contributed by atoms with E-state index in [1.807, 2.05) is 30.3 Å². The average molecular weight is 447 g/mol. The van der Waals surface area contributed by atoms with E-state index in [-0.39, 0.29) is 12.6 Å². The summed E-state index contributed by atoms with van der Waals surface area (Å²) in [5, 5.41) is 9.68. The van der Waals surface area contributed by atoms with Gasteiger partial charge in [0, 0.05) is 15.4 Å². The molecular weight excluding hydrogens is 430 g/mol. The minimum atomic E-state index is -1.17. The predicted octanol–water partition coefficient (Wildman–Crippen LogP) is 5.34. The van der Waals surface area contributed by atoms with Crippen LogP contribution in [-0.2, 0) is 16.1 Å². The molecule has 25 heavy (non-hydrogen) atoms. The first-order valence-corrected chi connectivity index (χ1v) is 9.46.